The van der Waals surface area contributed by atoms with Gasteiger partial charge >= 0.3 is 6.09 Å². The summed E-state index contributed by atoms with van der Waals surface area (Å²) in [5, 5.41) is 10.6. The third-order valence-corrected chi connectivity index (χ3v) is 6.74. The third kappa shape index (κ3) is 5.20. The molecule has 1 heterocycles. The number of aliphatic hydroxyl groups excluding tert-OH is 1. The van der Waals surface area contributed by atoms with Gasteiger partial charge in [0.25, 0.3) is 0 Å². The van der Waals surface area contributed by atoms with E-state index in [0.717, 1.165) is 11.3 Å². The normalized spacial score (nSPS) is 20.3. The van der Waals surface area contributed by atoms with Crippen LogP contribution in [0.2, 0.25) is 0 Å². The van der Waals surface area contributed by atoms with Crippen molar-refractivity contribution in [2.24, 2.45) is 5.41 Å². The Balaban J connectivity index is 1.57. The van der Waals surface area contributed by atoms with Gasteiger partial charge in [-0.2, -0.15) is 0 Å². The summed E-state index contributed by atoms with van der Waals surface area (Å²) < 4.78 is 22.5. The quantitative estimate of drug-likeness (QED) is 0.461. The Morgan fingerprint density at radius 1 is 0.943 bits per heavy atom. The highest BCUT2D eigenvalue weighted by Crippen LogP contribution is 2.47. The number of methoxy groups -OCH3 is 2. The van der Waals surface area contributed by atoms with Crippen LogP contribution in [0.15, 0.2) is 72.8 Å². The van der Waals surface area contributed by atoms with E-state index in [4.69, 9.17) is 18.9 Å². The molecule has 0 radical (unpaired) electrons. The lowest BCUT2D eigenvalue weighted by Gasteiger charge is -2.33. The maximum absolute atomic E-state index is 12.2. The topological polar surface area (TPSA) is 77.5 Å². The fourth-order valence-electron chi connectivity index (χ4n) is 4.51. The first-order valence-electron chi connectivity index (χ1n) is 11.5. The Labute approximate surface area is 205 Å². The second kappa shape index (κ2) is 10.3. The molecule has 1 aliphatic heterocycles. The Morgan fingerprint density at radius 3 is 2.17 bits per heavy atom. The van der Waals surface area contributed by atoms with Crippen LogP contribution in [0.5, 0.6) is 28.7 Å². The van der Waals surface area contributed by atoms with Crippen molar-refractivity contribution in [1.29, 1.82) is 0 Å². The summed E-state index contributed by atoms with van der Waals surface area (Å²) in [5.74, 6) is 3.10. The standard InChI is InChI=1S/C28H31NO6/c1-19(30)28(2)18-29(27(31)33-4)17-24(28)20-10-15-25(32-3)26(16-20)35-23-13-11-22(12-14-23)34-21-8-6-5-7-9-21/h5-16,19,24,30H,17-18H2,1-4H3/t19-,24+,28+/m1/s1. The molecule has 1 fully saturated rings. The number of carbonyl (C=O) groups excluding carboxylic acids is 1. The lowest BCUT2D eigenvalue weighted by atomic mass is 9.72. The highest BCUT2D eigenvalue weighted by molar-refractivity contribution is 5.68. The van der Waals surface area contributed by atoms with E-state index in [-0.39, 0.29) is 5.92 Å². The summed E-state index contributed by atoms with van der Waals surface area (Å²) in [6.07, 6.45) is -1.03. The molecule has 3 aromatic carbocycles. The molecule has 0 spiro atoms. The molecule has 7 heteroatoms. The number of likely N-dealkylation sites (tertiary alicyclic amines) is 1. The highest BCUT2D eigenvalue weighted by atomic mass is 16.5. The van der Waals surface area contributed by atoms with E-state index in [1.807, 2.05) is 79.7 Å². The fourth-order valence-corrected chi connectivity index (χ4v) is 4.51. The molecule has 0 bridgehead atoms. The Morgan fingerprint density at radius 2 is 1.57 bits per heavy atom. The Kier molecular flexibility index (Phi) is 7.17. The van der Waals surface area contributed by atoms with Crippen LogP contribution in [0.3, 0.4) is 0 Å². The summed E-state index contributed by atoms with van der Waals surface area (Å²) in [5.41, 5.74) is 0.399. The lowest BCUT2D eigenvalue weighted by Crippen LogP contribution is -2.38. The molecule has 7 nitrogen and oxygen atoms in total. The van der Waals surface area contributed by atoms with Crippen molar-refractivity contribution in [2.45, 2.75) is 25.9 Å². The van der Waals surface area contributed by atoms with E-state index in [9.17, 15) is 9.90 Å². The zero-order chi connectivity index (χ0) is 25.0. The van der Waals surface area contributed by atoms with E-state index in [0.29, 0.717) is 36.1 Å². The molecule has 0 saturated carbocycles. The second-order valence-electron chi connectivity index (χ2n) is 8.98. The molecule has 0 aromatic heterocycles. The Hall–Kier alpha value is -3.71. The van der Waals surface area contributed by atoms with Crippen LogP contribution in [0.25, 0.3) is 0 Å². The van der Waals surface area contributed by atoms with Crippen molar-refractivity contribution >= 4 is 6.09 Å². The molecular formula is C28H31NO6. The summed E-state index contributed by atoms with van der Waals surface area (Å²) in [6, 6.07) is 22.6. The molecule has 184 valence electrons. The van der Waals surface area contributed by atoms with E-state index in [1.165, 1.54) is 7.11 Å². The van der Waals surface area contributed by atoms with Crippen molar-refractivity contribution in [2.75, 3.05) is 27.3 Å². The van der Waals surface area contributed by atoms with Gasteiger partial charge in [-0.3, -0.25) is 0 Å². The van der Waals surface area contributed by atoms with Gasteiger partial charge in [-0.15, -0.1) is 0 Å². The summed E-state index contributed by atoms with van der Waals surface area (Å²) in [6.45, 7) is 4.58. The number of hydrogen-bond acceptors (Lipinski definition) is 6. The maximum Gasteiger partial charge on any atom is 0.409 e. The maximum atomic E-state index is 12.2. The number of hydrogen-bond donors (Lipinski definition) is 1. The predicted octanol–water partition coefficient (Wildman–Crippen LogP) is 5.83. The minimum Gasteiger partial charge on any atom is -0.493 e. The number of para-hydroxylation sites is 1. The van der Waals surface area contributed by atoms with Gasteiger partial charge in [0.15, 0.2) is 11.5 Å². The predicted molar refractivity (Wildman–Crippen MR) is 133 cm³/mol. The summed E-state index contributed by atoms with van der Waals surface area (Å²) in [4.78, 5) is 13.9. The van der Waals surface area contributed by atoms with Crippen LogP contribution in [0.4, 0.5) is 4.79 Å². The van der Waals surface area contributed by atoms with Gasteiger partial charge in [0.05, 0.1) is 20.3 Å². The van der Waals surface area contributed by atoms with Crippen molar-refractivity contribution in [1.82, 2.24) is 4.90 Å². The average molecular weight is 478 g/mol. The van der Waals surface area contributed by atoms with Crippen LogP contribution in [-0.4, -0.2) is 49.5 Å². The fraction of sp³-hybridized carbons (Fsp3) is 0.321. The van der Waals surface area contributed by atoms with Gasteiger partial charge in [-0.1, -0.05) is 31.2 Å². The minimum absolute atomic E-state index is 0.114. The van der Waals surface area contributed by atoms with Gasteiger partial charge in [0, 0.05) is 24.4 Å². The van der Waals surface area contributed by atoms with E-state index >= 15 is 0 Å². The molecule has 3 atom stereocenters. The number of amides is 1. The molecule has 1 aliphatic rings. The first-order chi connectivity index (χ1) is 16.8. The van der Waals surface area contributed by atoms with Crippen LogP contribution < -0.4 is 14.2 Å². The molecule has 35 heavy (non-hydrogen) atoms. The number of ether oxygens (including phenoxy) is 4. The van der Waals surface area contributed by atoms with Crippen LogP contribution in [-0.2, 0) is 4.74 Å². The number of benzene rings is 3. The number of rotatable bonds is 7. The summed E-state index contributed by atoms with van der Waals surface area (Å²) >= 11 is 0. The van der Waals surface area contributed by atoms with Crippen molar-refractivity contribution in [3.63, 3.8) is 0 Å². The monoisotopic (exact) mass is 477 g/mol. The molecular weight excluding hydrogens is 446 g/mol. The molecule has 1 N–H and O–H groups in total. The molecule has 4 rings (SSSR count). The van der Waals surface area contributed by atoms with Crippen LogP contribution >= 0.6 is 0 Å². The molecule has 3 aromatic rings. The van der Waals surface area contributed by atoms with E-state index in [1.54, 1.807) is 18.9 Å². The molecule has 1 amide bonds. The number of aliphatic hydroxyl groups is 1. The first kappa shape index (κ1) is 24.4. The molecule has 1 saturated heterocycles. The zero-order valence-corrected chi connectivity index (χ0v) is 20.4. The lowest BCUT2D eigenvalue weighted by molar-refractivity contribution is 0.0470. The highest BCUT2D eigenvalue weighted by Gasteiger charge is 2.48. The first-order valence-corrected chi connectivity index (χ1v) is 11.5. The average Bonchev–Trinajstić information content (AvgIpc) is 3.24. The SMILES string of the molecule is COC(=O)N1C[C@@H](c2ccc(OC)c(Oc3ccc(Oc4ccccc4)cc3)c2)[C@](C)([C@@H](C)O)C1. The largest absolute Gasteiger partial charge is 0.493 e. The van der Waals surface area contributed by atoms with Crippen molar-refractivity contribution < 1.29 is 28.8 Å². The van der Waals surface area contributed by atoms with E-state index < -0.39 is 17.6 Å². The van der Waals surface area contributed by atoms with E-state index in [2.05, 4.69) is 0 Å². The van der Waals surface area contributed by atoms with Gasteiger partial charge in [0.2, 0.25) is 0 Å². The number of carbonyl (C=O) groups is 1. The van der Waals surface area contributed by atoms with Gasteiger partial charge < -0.3 is 29.0 Å². The van der Waals surface area contributed by atoms with Crippen LogP contribution in [0.1, 0.15) is 25.3 Å². The summed E-state index contributed by atoms with van der Waals surface area (Å²) in [7, 11) is 2.96. The smallest absolute Gasteiger partial charge is 0.409 e. The zero-order valence-electron chi connectivity index (χ0n) is 20.4. The van der Waals surface area contributed by atoms with Crippen molar-refractivity contribution in [3.8, 4) is 28.7 Å². The van der Waals surface area contributed by atoms with Gasteiger partial charge in [-0.25, -0.2) is 4.79 Å². The number of nitrogens with zero attached hydrogens (tertiary/aromatic N) is 1. The molecule has 0 aliphatic carbocycles. The minimum atomic E-state index is -0.634. The Bertz CT molecular complexity index is 1150. The third-order valence-electron chi connectivity index (χ3n) is 6.74. The van der Waals surface area contributed by atoms with Crippen molar-refractivity contribution in [3.05, 3.63) is 78.4 Å². The van der Waals surface area contributed by atoms with Gasteiger partial charge in [0.1, 0.15) is 17.2 Å². The van der Waals surface area contributed by atoms with Gasteiger partial charge in [-0.05, 0) is 61.0 Å². The molecule has 0 unspecified atom stereocenters. The van der Waals surface area contributed by atoms with Crippen LogP contribution in [0, 0.1) is 5.41 Å². The second-order valence-corrected chi connectivity index (χ2v) is 8.98.